The first kappa shape index (κ1) is 45.9. The van der Waals surface area contributed by atoms with E-state index in [2.05, 4.69) is 323 Å². The number of benzene rings is 13. The molecule has 0 aliphatic carbocycles. The molecule has 0 radical (unpaired) electrons. The van der Waals surface area contributed by atoms with E-state index in [9.17, 15) is 0 Å². The first-order valence-electron chi connectivity index (χ1n) is 27.2. The molecule has 3 heteroatoms. The number of hydrogen-bond donors (Lipinski definition) is 0. The Hall–Kier alpha value is -10.5. The number of anilines is 3. The lowest BCUT2D eigenvalue weighted by Gasteiger charge is -2.27. The van der Waals surface area contributed by atoms with Gasteiger partial charge < -0.3 is 14.0 Å². The van der Waals surface area contributed by atoms with Gasteiger partial charge in [-0.3, -0.25) is 0 Å². The van der Waals surface area contributed by atoms with Gasteiger partial charge in [-0.2, -0.15) is 0 Å². The van der Waals surface area contributed by atoms with Crippen LogP contribution in [0.2, 0.25) is 0 Å². The predicted molar refractivity (Wildman–Crippen MR) is 334 cm³/mol. The molecule has 0 spiro atoms. The maximum atomic E-state index is 2.42. The van der Waals surface area contributed by atoms with Crippen LogP contribution in [0.15, 0.2) is 309 Å². The first-order chi connectivity index (χ1) is 39.2. The summed E-state index contributed by atoms with van der Waals surface area (Å²) in [5.74, 6) is 0. The van der Waals surface area contributed by atoms with Gasteiger partial charge >= 0.3 is 0 Å². The Balaban J connectivity index is 0.831. The third-order valence-electron chi connectivity index (χ3n) is 15.9. The van der Waals surface area contributed by atoms with Gasteiger partial charge in [0.1, 0.15) is 0 Å². The minimum absolute atomic E-state index is 1.06. The maximum absolute atomic E-state index is 2.42. The lowest BCUT2D eigenvalue weighted by Crippen LogP contribution is -2.10. The monoisotopic (exact) mass is 1010 g/mol. The van der Waals surface area contributed by atoms with E-state index in [1.165, 1.54) is 98.9 Å². The lowest BCUT2D eigenvalue weighted by atomic mass is 9.91. The molecule has 0 saturated heterocycles. The van der Waals surface area contributed by atoms with Crippen molar-refractivity contribution in [3.63, 3.8) is 0 Å². The molecule has 370 valence electrons. The highest BCUT2D eigenvalue weighted by molar-refractivity contribution is 6.11. The molecule has 0 unspecified atom stereocenters. The SMILES string of the molecule is c1ccc(-c2ccc3c4ccccc4n(-c4ccc(N(c5ccc(-c6cccc7cccc(-c8ccccc8)c67)cc5)c5cccc(-c6ccc(-c7ccccc7-n7c8ccccc8c8ccccc87)cc6)c5)cc4)c3c2)cc1. The van der Waals surface area contributed by atoms with E-state index in [-0.39, 0.29) is 0 Å². The van der Waals surface area contributed by atoms with Crippen LogP contribution in [-0.2, 0) is 0 Å². The molecule has 0 bridgehead atoms. The van der Waals surface area contributed by atoms with Gasteiger partial charge in [0.25, 0.3) is 0 Å². The fourth-order valence-electron chi connectivity index (χ4n) is 12.2. The maximum Gasteiger partial charge on any atom is 0.0547 e. The molecule has 0 atom stereocenters. The summed E-state index contributed by atoms with van der Waals surface area (Å²) in [7, 11) is 0. The molecule has 0 fully saturated rings. The van der Waals surface area contributed by atoms with Gasteiger partial charge in [-0.25, -0.2) is 0 Å². The standard InChI is InChI=1S/C76H51N3/c1-3-18-52(19-4-1)59-42-49-70-69-29-8-12-33-72(69)78(75(70)51-59)62-47-45-61(46-48-62)77(60-43-40-56(41-44-60)66-31-17-23-57-22-16-30-65(76(57)66)54-20-5-2-6-21-54)63-25-15-24-58(50-63)53-36-38-55(39-37-53)64-26-7-11-32-71(64)79-73-34-13-9-27-67(73)68-28-10-14-35-74(68)79/h1-51H. The second-order valence-electron chi connectivity index (χ2n) is 20.4. The number of para-hydroxylation sites is 4. The molecule has 0 N–H and O–H groups in total. The zero-order valence-corrected chi connectivity index (χ0v) is 43.3. The lowest BCUT2D eigenvalue weighted by molar-refractivity contribution is 1.17. The van der Waals surface area contributed by atoms with Crippen LogP contribution in [0.4, 0.5) is 17.1 Å². The van der Waals surface area contributed by atoms with Crippen LogP contribution in [0.3, 0.4) is 0 Å². The predicted octanol–water partition coefficient (Wildman–Crippen LogP) is 20.8. The van der Waals surface area contributed by atoms with Crippen molar-refractivity contribution in [1.82, 2.24) is 9.13 Å². The number of rotatable bonds is 10. The fraction of sp³-hybridized carbons (Fsp3) is 0. The molecule has 15 rings (SSSR count). The van der Waals surface area contributed by atoms with E-state index >= 15 is 0 Å². The highest BCUT2D eigenvalue weighted by atomic mass is 15.1. The van der Waals surface area contributed by atoms with Gasteiger partial charge in [-0.05, 0) is 140 Å². The molecule has 0 aliphatic rings. The van der Waals surface area contributed by atoms with Crippen molar-refractivity contribution >= 4 is 71.4 Å². The van der Waals surface area contributed by atoms with Crippen LogP contribution < -0.4 is 4.90 Å². The fourth-order valence-corrected chi connectivity index (χ4v) is 12.2. The molecular weight excluding hydrogens is 955 g/mol. The normalized spacial score (nSPS) is 11.5. The highest BCUT2D eigenvalue weighted by Crippen LogP contribution is 2.43. The summed E-state index contributed by atoms with van der Waals surface area (Å²) in [5.41, 5.74) is 22.1. The number of hydrogen-bond acceptors (Lipinski definition) is 1. The molecular formula is C76H51N3. The van der Waals surface area contributed by atoms with Crippen molar-refractivity contribution in [2.24, 2.45) is 0 Å². The van der Waals surface area contributed by atoms with Crippen LogP contribution in [-0.4, -0.2) is 9.13 Å². The highest BCUT2D eigenvalue weighted by Gasteiger charge is 2.20. The zero-order chi connectivity index (χ0) is 52.2. The largest absolute Gasteiger partial charge is 0.310 e. The topological polar surface area (TPSA) is 13.1 Å². The van der Waals surface area contributed by atoms with Crippen LogP contribution in [0.1, 0.15) is 0 Å². The number of nitrogens with zero attached hydrogens (tertiary/aromatic N) is 3. The summed E-state index contributed by atoms with van der Waals surface area (Å²) in [6, 6.07) is 113. The summed E-state index contributed by atoms with van der Waals surface area (Å²) in [4.78, 5) is 2.39. The Kier molecular flexibility index (Phi) is 11.2. The minimum Gasteiger partial charge on any atom is -0.310 e. The Morgan fingerprint density at radius 3 is 1.29 bits per heavy atom. The van der Waals surface area contributed by atoms with Crippen molar-refractivity contribution in [1.29, 1.82) is 0 Å². The summed E-state index contributed by atoms with van der Waals surface area (Å²) < 4.78 is 4.83. The van der Waals surface area contributed by atoms with E-state index in [1.54, 1.807) is 0 Å². The van der Waals surface area contributed by atoms with E-state index in [4.69, 9.17) is 0 Å². The average Bonchev–Trinajstić information content (AvgIpc) is 4.07. The zero-order valence-electron chi connectivity index (χ0n) is 43.3. The summed E-state index contributed by atoms with van der Waals surface area (Å²) in [6.07, 6.45) is 0. The Morgan fingerprint density at radius 1 is 0.228 bits per heavy atom. The molecule has 3 nitrogen and oxygen atoms in total. The van der Waals surface area contributed by atoms with Crippen molar-refractivity contribution in [3.8, 4) is 67.0 Å². The van der Waals surface area contributed by atoms with Crippen LogP contribution in [0, 0.1) is 0 Å². The van der Waals surface area contributed by atoms with Gasteiger partial charge in [-0.1, -0.05) is 231 Å². The van der Waals surface area contributed by atoms with E-state index < -0.39 is 0 Å². The molecule has 2 heterocycles. The van der Waals surface area contributed by atoms with Gasteiger partial charge in [0.05, 0.1) is 27.8 Å². The molecule has 0 amide bonds. The van der Waals surface area contributed by atoms with Gasteiger partial charge in [0.2, 0.25) is 0 Å². The van der Waals surface area contributed by atoms with Crippen molar-refractivity contribution in [2.75, 3.05) is 4.90 Å². The quantitative estimate of drug-likeness (QED) is 0.133. The van der Waals surface area contributed by atoms with Crippen LogP contribution in [0.25, 0.3) is 121 Å². The number of fused-ring (bicyclic) bond motifs is 7. The summed E-state index contributed by atoms with van der Waals surface area (Å²) in [6.45, 7) is 0. The minimum atomic E-state index is 1.06. The third kappa shape index (κ3) is 7.99. The second kappa shape index (κ2) is 19.3. The van der Waals surface area contributed by atoms with Gasteiger partial charge in [0.15, 0.2) is 0 Å². The molecule has 2 aromatic heterocycles. The van der Waals surface area contributed by atoms with E-state index in [1.807, 2.05) is 0 Å². The summed E-state index contributed by atoms with van der Waals surface area (Å²) in [5, 5.41) is 7.47. The first-order valence-corrected chi connectivity index (χ1v) is 27.2. The molecule has 0 aliphatic heterocycles. The van der Waals surface area contributed by atoms with Crippen molar-refractivity contribution < 1.29 is 0 Å². The summed E-state index contributed by atoms with van der Waals surface area (Å²) >= 11 is 0. The Labute approximate surface area is 459 Å². The third-order valence-corrected chi connectivity index (χ3v) is 15.9. The van der Waals surface area contributed by atoms with Gasteiger partial charge in [-0.15, -0.1) is 0 Å². The smallest absolute Gasteiger partial charge is 0.0547 e. The van der Waals surface area contributed by atoms with Crippen molar-refractivity contribution in [3.05, 3.63) is 309 Å². The van der Waals surface area contributed by atoms with Crippen LogP contribution in [0.5, 0.6) is 0 Å². The molecule has 15 aromatic rings. The Morgan fingerprint density at radius 2 is 0.646 bits per heavy atom. The van der Waals surface area contributed by atoms with Gasteiger partial charge in [0, 0.05) is 49.9 Å². The molecule has 13 aromatic carbocycles. The van der Waals surface area contributed by atoms with E-state index in [0.29, 0.717) is 0 Å². The Bertz CT molecular complexity index is 4680. The van der Waals surface area contributed by atoms with Crippen molar-refractivity contribution in [2.45, 2.75) is 0 Å². The van der Waals surface area contributed by atoms with E-state index in [0.717, 1.165) is 39.6 Å². The number of aromatic nitrogens is 2. The molecule has 79 heavy (non-hydrogen) atoms. The average molecular weight is 1010 g/mol. The molecule has 0 saturated carbocycles. The van der Waals surface area contributed by atoms with Crippen LogP contribution >= 0.6 is 0 Å². The second-order valence-corrected chi connectivity index (χ2v) is 20.4.